The van der Waals surface area contributed by atoms with Crippen LogP contribution < -0.4 is 0 Å². The number of hydrogen-bond acceptors (Lipinski definition) is 3. The van der Waals surface area contributed by atoms with Gasteiger partial charge in [0.05, 0.1) is 12.8 Å². The van der Waals surface area contributed by atoms with Crippen molar-refractivity contribution in [2.45, 2.75) is 12.8 Å². The molecule has 0 aromatic rings. The van der Waals surface area contributed by atoms with Crippen molar-refractivity contribution in [1.29, 1.82) is 0 Å². The van der Waals surface area contributed by atoms with Crippen molar-refractivity contribution < 1.29 is 14.3 Å². The minimum Gasteiger partial charge on any atom is -0.393 e. The molecule has 0 fully saturated rings. The van der Waals surface area contributed by atoms with Gasteiger partial charge in [-0.1, -0.05) is 45.2 Å². The fourth-order valence-corrected chi connectivity index (χ4v) is 1.26. The van der Waals surface area contributed by atoms with Gasteiger partial charge in [-0.3, -0.25) is 9.59 Å². The number of hydrogen-bond donors (Lipinski definition) is 0. The number of alkyl halides is 2. The molecule has 0 heterocycles. The van der Waals surface area contributed by atoms with Gasteiger partial charge in [0, 0.05) is 8.86 Å². The first-order chi connectivity index (χ1) is 5.20. The van der Waals surface area contributed by atoms with Gasteiger partial charge in [-0.2, -0.15) is 0 Å². The molecule has 0 aliphatic heterocycles. The maximum atomic E-state index is 10.7. The van der Waals surface area contributed by atoms with Crippen LogP contribution in [0.5, 0.6) is 0 Å². The van der Waals surface area contributed by atoms with Gasteiger partial charge in [-0.05, 0) is 0 Å². The summed E-state index contributed by atoms with van der Waals surface area (Å²) in [5.41, 5.74) is 0. The Hall–Kier alpha value is 0.600. The lowest BCUT2D eigenvalue weighted by Crippen LogP contribution is -2.12. The Balaban J connectivity index is 3.49. The first-order valence-electron chi connectivity index (χ1n) is 3.06. The van der Waals surface area contributed by atoms with Crippen LogP contribution in [0, 0.1) is 0 Å². The summed E-state index contributed by atoms with van der Waals surface area (Å²) in [5.74, 6) is -0.844. The molecule has 0 aromatic heterocycles. The van der Waals surface area contributed by atoms with Crippen LogP contribution in [-0.2, 0) is 14.3 Å². The van der Waals surface area contributed by atoms with E-state index >= 15 is 0 Å². The predicted octanol–water partition coefficient (Wildman–Crippen LogP) is 1.71. The molecule has 0 saturated heterocycles. The molecule has 0 spiro atoms. The Kier molecular flexibility index (Phi) is 7.66. The third kappa shape index (κ3) is 6.98. The average Bonchev–Trinajstić information content (AvgIpc) is 1.87. The van der Waals surface area contributed by atoms with Gasteiger partial charge in [0.15, 0.2) is 0 Å². The van der Waals surface area contributed by atoms with E-state index < -0.39 is 11.9 Å². The van der Waals surface area contributed by atoms with Crippen LogP contribution >= 0.6 is 45.2 Å². The highest BCUT2D eigenvalue weighted by molar-refractivity contribution is 14.1. The smallest absolute Gasteiger partial charge is 0.314 e. The number of esters is 2. The zero-order valence-electron chi connectivity index (χ0n) is 5.81. The van der Waals surface area contributed by atoms with E-state index in [9.17, 15) is 9.59 Å². The average molecular weight is 382 g/mol. The van der Waals surface area contributed by atoms with E-state index in [4.69, 9.17) is 0 Å². The van der Waals surface area contributed by atoms with Gasteiger partial charge in [-0.25, -0.2) is 0 Å². The maximum absolute atomic E-state index is 10.7. The second-order valence-electron chi connectivity index (χ2n) is 1.72. The van der Waals surface area contributed by atoms with E-state index in [0.717, 1.165) is 0 Å². The Labute approximate surface area is 92.5 Å². The molecule has 0 atom stereocenters. The van der Waals surface area contributed by atoms with Crippen molar-refractivity contribution in [3.05, 3.63) is 0 Å². The summed E-state index contributed by atoms with van der Waals surface area (Å²) in [6, 6.07) is 0. The van der Waals surface area contributed by atoms with Crippen molar-refractivity contribution in [3.63, 3.8) is 0 Å². The molecule has 5 heteroatoms. The van der Waals surface area contributed by atoms with Crippen LogP contribution in [0.15, 0.2) is 0 Å². The second kappa shape index (κ2) is 7.26. The Morgan fingerprint density at radius 3 is 1.64 bits per heavy atom. The number of carbonyl (C=O) groups is 2. The summed E-state index contributed by atoms with van der Waals surface area (Å²) in [6.07, 6.45) is 0.626. The molecule has 64 valence electrons. The Morgan fingerprint density at radius 2 is 1.36 bits per heavy atom. The highest BCUT2D eigenvalue weighted by Gasteiger charge is 2.07. The highest BCUT2D eigenvalue weighted by atomic mass is 127. The van der Waals surface area contributed by atoms with Crippen LogP contribution in [0.2, 0.25) is 0 Å². The van der Waals surface area contributed by atoms with E-state index in [2.05, 4.69) is 49.9 Å². The first kappa shape index (κ1) is 11.6. The van der Waals surface area contributed by atoms with Crippen molar-refractivity contribution >= 4 is 57.1 Å². The van der Waals surface area contributed by atoms with Crippen LogP contribution in [0.25, 0.3) is 0 Å². The third-order valence-electron chi connectivity index (χ3n) is 0.825. The third-order valence-corrected chi connectivity index (χ3v) is 1.90. The second-order valence-corrected chi connectivity index (χ2v) is 3.88. The molecule has 0 amide bonds. The molecule has 0 aliphatic rings. The van der Waals surface area contributed by atoms with Crippen molar-refractivity contribution in [1.82, 2.24) is 0 Å². The molecule has 0 rings (SSSR count). The van der Waals surface area contributed by atoms with Crippen LogP contribution in [0.4, 0.5) is 0 Å². The molecule has 0 aliphatic carbocycles. The summed E-state index contributed by atoms with van der Waals surface area (Å²) >= 11 is 4.11. The monoisotopic (exact) mass is 382 g/mol. The molecular formula is C6H8I2O3. The molecule has 0 unspecified atom stereocenters. The Bertz CT molecular complexity index is 131. The summed E-state index contributed by atoms with van der Waals surface area (Å²) in [6.45, 7) is 0. The van der Waals surface area contributed by atoms with Gasteiger partial charge >= 0.3 is 11.9 Å². The maximum Gasteiger partial charge on any atom is 0.314 e. The zero-order valence-corrected chi connectivity index (χ0v) is 10.1. The molecular weight excluding hydrogens is 374 g/mol. The van der Waals surface area contributed by atoms with E-state index in [1.807, 2.05) is 0 Å². The first-order valence-corrected chi connectivity index (χ1v) is 6.11. The van der Waals surface area contributed by atoms with Crippen LogP contribution in [-0.4, -0.2) is 20.8 Å². The van der Waals surface area contributed by atoms with E-state index in [-0.39, 0.29) is 0 Å². The quantitative estimate of drug-likeness (QED) is 0.322. The molecule has 0 radical (unpaired) electrons. The topological polar surface area (TPSA) is 43.4 Å². The van der Waals surface area contributed by atoms with Crippen molar-refractivity contribution in [2.75, 3.05) is 8.86 Å². The largest absolute Gasteiger partial charge is 0.393 e. The molecule has 0 aromatic carbocycles. The summed E-state index contributed by atoms with van der Waals surface area (Å²) in [5, 5.41) is 0. The minimum atomic E-state index is -0.422. The van der Waals surface area contributed by atoms with Crippen LogP contribution in [0.3, 0.4) is 0 Å². The minimum absolute atomic E-state index is 0.313. The number of carbonyl (C=O) groups excluding carboxylic acids is 2. The predicted molar refractivity (Wildman–Crippen MR) is 58.1 cm³/mol. The standard InChI is InChI=1S/C6H8I2O3/c7-3-1-5(9)11-6(10)2-4-8/h1-4H2. The van der Waals surface area contributed by atoms with Gasteiger partial charge in [-0.15, -0.1) is 0 Å². The number of rotatable bonds is 4. The SMILES string of the molecule is O=C(CCI)OC(=O)CCI. The van der Waals surface area contributed by atoms with Gasteiger partial charge in [0.2, 0.25) is 0 Å². The summed E-state index contributed by atoms with van der Waals surface area (Å²) in [7, 11) is 0. The van der Waals surface area contributed by atoms with E-state index in [1.54, 1.807) is 0 Å². The van der Waals surface area contributed by atoms with Crippen molar-refractivity contribution in [2.24, 2.45) is 0 Å². The molecule has 0 N–H and O–H groups in total. The lowest BCUT2D eigenvalue weighted by molar-refractivity contribution is -0.158. The van der Waals surface area contributed by atoms with E-state index in [1.165, 1.54) is 0 Å². The number of halogens is 2. The fourth-order valence-electron chi connectivity index (χ4n) is 0.383. The van der Waals surface area contributed by atoms with Crippen molar-refractivity contribution in [3.8, 4) is 0 Å². The lowest BCUT2D eigenvalue weighted by Gasteiger charge is -1.98. The van der Waals surface area contributed by atoms with Crippen LogP contribution in [0.1, 0.15) is 12.8 Å². The molecule has 3 nitrogen and oxygen atoms in total. The summed E-state index contributed by atoms with van der Waals surface area (Å²) in [4.78, 5) is 21.4. The van der Waals surface area contributed by atoms with Gasteiger partial charge in [0.1, 0.15) is 0 Å². The molecule has 0 saturated carbocycles. The van der Waals surface area contributed by atoms with Gasteiger partial charge < -0.3 is 4.74 Å². The Morgan fingerprint density at radius 1 is 1.00 bits per heavy atom. The van der Waals surface area contributed by atoms with E-state index in [0.29, 0.717) is 21.7 Å². The highest BCUT2D eigenvalue weighted by Crippen LogP contribution is 1.96. The normalized spacial score (nSPS) is 9.27. The molecule has 0 bridgehead atoms. The lowest BCUT2D eigenvalue weighted by atomic mass is 10.5. The number of ether oxygens (including phenoxy) is 1. The molecule has 11 heavy (non-hydrogen) atoms. The zero-order chi connectivity index (χ0) is 8.69. The summed E-state index contributed by atoms with van der Waals surface area (Å²) < 4.78 is 5.82. The fraction of sp³-hybridized carbons (Fsp3) is 0.667. The van der Waals surface area contributed by atoms with Gasteiger partial charge in [0.25, 0.3) is 0 Å².